The molecule has 1 aliphatic heterocycles. The van der Waals surface area contributed by atoms with E-state index < -0.39 is 0 Å². The molecule has 0 aromatic rings. The van der Waals surface area contributed by atoms with Gasteiger partial charge < -0.3 is 15.2 Å². The molecule has 1 saturated heterocycles. The van der Waals surface area contributed by atoms with Crippen LogP contribution in [0.2, 0.25) is 0 Å². The Morgan fingerprint density at radius 2 is 2.00 bits per heavy atom. The van der Waals surface area contributed by atoms with Gasteiger partial charge in [-0.1, -0.05) is 13.8 Å². The lowest BCUT2D eigenvalue weighted by molar-refractivity contribution is -0.125. The van der Waals surface area contributed by atoms with Crippen molar-refractivity contribution in [1.82, 2.24) is 20.7 Å². The zero-order chi connectivity index (χ0) is 15.1. The predicted molar refractivity (Wildman–Crippen MR) is 82.7 cm³/mol. The van der Waals surface area contributed by atoms with Crippen LogP contribution in [0, 0.1) is 11.8 Å². The van der Waals surface area contributed by atoms with Crippen molar-refractivity contribution in [2.45, 2.75) is 33.6 Å². The largest absolute Gasteiger partial charge is 0.328 e. The lowest BCUT2D eigenvalue weighted by Gasteiger charge is -2.32. The number of hydrogen-bond donors (Lipinski definition) is 2. The van der Waals surface area contributed by atoms with Crippen LogP contribution in [0.1, 0.15) is 33.6 Å². The fraction of sp³-hybridized carbons (Fsp3) is 0.800. The van der Waals surface area contributed by atoms with Crippen molar-refractivity contribution in [3.05, 3.63) is 11.9 Å². The molecule has 0 radical (unpaired) electrons. The predicted octanol–water partition coefficient (Wildman–Crippen LogP) is 1.40. The summed E-state index contributed by atoms with van der Waals surface area (Å²) >= 11 is 0. The maximum atomic E-state index is 12.2. The van der Waals surface area contributed by atoms with Crippen LogP contribution in [-0.2, 0) is 4.79 Å². The van der Waals surface area contributed by atoms with Crippen LogP contribution in [0.25, 0.3) is 0 Å². The van der Waals surface area contributed by atoms with E-state index >= 15 is 0 Å². The van der Waals surface area contributed by atoms with Gasteiger partial charge in [0, 0.05) is 38.5 Å². The number of nitrogens with one attached hydrogen (secondary N) is 2. The Balaban J connectivity index is 2.37. The molecule has 1 rings (SSSR count). The molecule has 1 amide bonds. The van der Waals surface area contributed by atoms with Gasteiger partial charge in [0.05, 0.1) is 0 Å². The van der Waals surface area contributed by atoms with Crippen LogP contribution in [0.4, 0.5) is 0 Å². The van der Waals surface area contributed by atoms with Crippen LogP contribution in [0.15, 0.2) is 11.9 Å². The van der Waals surface area contributed by atoms with Gasteiger partial charge in [-0.05, 0) is 38.8 Å². The zero-order valence-electron chi connectivity index (χ0n) is 13.6. The number of piperidine rings is 1. The summed E-state index contributed by atoms with van der Waals surface area (Å²) in [6.45, 7) is 9.61. The summed E-state index contributed by atoms with van der Waals surface area (Å²) in [4.78, 5) is 14.7. The normalized spacial score (nSPS) is 18.4. The molecule has 116 valence electrons. The van der Waals surface area contributed by atoms with Crippen molar-refractivity contribution in [3.63, 3.8) is 0 Å². The molecule has 0 saturated carbocycles. The van der Waals surface area contributed by atoms with Crippen LogP contribution in [-0.4, -0.2) is 49.5 Å². The molecule has 1 aliphatic rings. The van der Waals surface area contributed by atoms with Crippen molar-refractivity contribution in [2.75, 3.05) is 33.7 Å². The van der Waals surface area contributed by atoms with E-state index in [9.17, 15) is 4.79 Å². The molecule has 1 heterocycles. The molecule has 20 heavy (non-hydrogen) atoms. The van der Waals surface area contributed by atoms with Crippen LogP contribution >= 0.6 is 0 Å². The first-order valence-electron chi connectivity index (χ1n) is 7.54. The van der Waals surface area contributed by atoms with Crippen molar-refractivity contribution in [1.29, 1.82) is 0 Å². The summed E-state index contributed by atoms with van der Waals surface area (Å²) in [6.07, 6.45) is 3.81. The van der Waals surface area contributed by atoms with Crippen LogP contribution < -0.4 is 10.7 Å². The number of nitrogens with zero attached hydrogens (tertiary/aromatic N) is 2. The second kappa shape index (κ2) is 8.27. The topological polar surface area (TPSA) is 47.6 Å². The standard InChI is InChI=1S/C15H30N4O/c1-12(2)10-19-8-6-14(7-9-19)15(20)17-13(3)11-18(5)16-4/h11-12,14,16H,6-10H2,1-5H3,(H,17,20)/b13-11+. The Morgan fingerprint density at radius 3 is 2.50 bits per heavy atom. The van der Waals surface area contributed by atoms with Crippen molar-refractivity contribution >= 4 is 5.91 Å². The Hall–Kier alpha value is -1.07. The van der Waals surface area contributed by atoms with Gasteiger partial charge in [0.25, 0.3) is 0 Å². The highest BCUT2D eigenvalue weighted by molar-refractivity contribution is 5.80. The summed E-state index contributed by atoms with van der Waals surface area (Å²) in [5.74, 6) is 1.01. The van der Waals surface area contributed by atoms with Gasteiger partial charge in [0.1, 0.15) is 0 Å². The van der Waals surface area contributed by atoms with E-state index in [4.69, 9.17) is 0 Å². The summed E-state index contributed by atoms with van der Waals surface area (Å²) in [7, 11) is 3.75. The molecule has 5 nitrogen and oxygen atoms in total. The van der Waals surface area contributed by atoms with E-state index in [1.165, 1.54) is 0 Å². The van der Waals surface area contributed by atoms with Crippen molar-refractivity contribution < 1.29 is 4.79 Å². The summed E-state index contributed by atoms with van der Waals surface area (Å²) in [5.41, 5.74) is 3.84. The minimum absolute atomic E-state index is 0.154. The molecular weight excluding hydrogens is 252 g/mol. The SMILES string of the molecule is CNN(C)/C=C(\C)NC(=O)C1CCN(CC(C)C)CC1. The highest BCUT2D eigenvalue weighted by Gasteiger charge is 2.25. The molecule has 0 aliphatic carbocycles. The first-order chi connectivity index (χ1) is 9.42. The molecular formula is C15H30N4O. The van der Waals surface area contributed by atoms with E-state index in [-0.39, 0.29) is 11.8 Å². The molecule has 0 bridgehead atoms. The van der Waals surface area contributed by atoms with Gasteiger partial charge in [-0.3, -0.25) is 4.79 Å². The van der Waals surface area contributed by atoms with Gasteiger partial charge in [-0.25, -0.2) is 5.43 Å². The van der Waals surface area contributed by atoms with Crippen molar-refractivity contribution in [2.24, 2.45) is 11.8 Å². The molecule has 0 aromatic heterocycles. The molecule has 0 unspecified atom stereocenters. The number of carbonyl (C=O) groups is 1. The minimum Gasteiger partial charge on any atom is -0.328 e. The minimum atomic E-state index is 0.154. The smallest absolute Gasteiger partial charge is 0.227 e. The first kappa shape index (κ1) is 17.0. The third-order valence-corrected chi connectivity index (χ3v) is 3.64. The monoisotopic (exact) mass is 282 g/mol. The van der Waals surface area contributed by atoms with Crippen LogP contribution in [0.5, 0.6) is 0 Å². The lowest BCUT2D eigenvalue weighted by Crippen LogP contribution is -2.41. The molecule has 5 heteroatoms. The van der Waals surface area contributed by atoms with Crippen molar-refractivity contribution in [3.8, 4) is 0 Å². The molecule has 0 spiro atoms. The van der Waals surface area contributed by atoms with Crippen LogP contribution in [0.3, 0.4) is 0 Å². The first-order valence-corrected chi connectivity index (χ1v) is 7.54. The zero-order valence-corrected chi connectivity index (χ0v) is 13.6. The quantitative estimate of drug-likeness (QED) is 0.723. The second-order valence-corrected chi connectivity index (χ2v) is 6.10. The summed E-state index contributed by atoms with van der Waals surface area (Å²) in [5, 5.41) is 4.81. The Morgan fingerprint density at radius 1 is 1.40 bits per heavy atom. The number of carbonyl (C=O) groups excluding carboxylic acids is 1. The number of hydrazine groups is 1. The third kappa shape index (κ3) is 5.92. The summed E-state index contributed by atoms with van der Waals surface area (Å²) < 4.78 is 0. The van der Waals surface area contributed by atoms with E-state index in [2.05, 4.69) is 29.5 Å². The Bertz CT molecular complexity index is 333. The van der Waals surface area contributed by atoms with E-state index in [1.54, 1.807) is 0 Å². The third-order valence-electron chi connectivity index (χ3n) is 3.64. The van der Waals surface area contributed by atoms with E-state index in [0.717, 1.165) is 38.2 Å². The number of hydrogen-bond acceptors (Lipinski definition) is 4. The fourth-order valence-corrected chi connectivity index (χ4v) is 2.58. The number of likely N-dealkylation sites (tertiary alicyclic amines) is 1. The summed E-state index contributed by atoms with van der Waals surface area (Å²) in [6, 6.07) is 0. The Kier molecular flexibility index (Phi) is 7.02. The Labute approximate surface area is 123 Å². The van der Waals surface area contributed by atoms with Gasteiger partial charge in [-0.15, -0.1) is 0 Å². The molecule has 2 N–H and O–H groups in total. The lowest BCUT2D eigenvalue weighted by atomic mass is 9.95. The van der Waals surface area contributed by atoms with Gasteiger partial charge in [-0.2, -0.15) is 0 Å². The number of allylic oxidation sites excluding steroid dienone is 1. The number of rotatable bonds is 6. The maximum absolute atomic E-state index is 12.2. The average molecular weight is 282 g/mol. The molecule has 0 aromatic carbocycles. The number of amides is 1. The fourth-order valence-electron chi connectivity index (χ4n) is 2.58. The van der Waals surface area contributed by atoms with Gasteiger partial charge in [0.2, 0.25) is 5.91 Å². The maximum Gasteiger partial charge on any atom is 0.227 e. The van der Waals surface area contributed by atoms with E-state index in [1.807, 2.05) is 32.2 Å². The molecule has 0 atom stereocenters. The average Bonchev–Trinajstić information content (AvgIpc) is 2.38. The van der Waals surface area contributed by atoms with Gasteiger partial charge in [0.15, 0.2) is 0 Å². The highest BCUT2D eigenvalue weighted by Crippen LogP contribution is 2.18. The van der Waals surface area contributed by atoms with E-state index in [0.29, 0.717) is 5.92 Å². The highest BCUT2D eigenvalue weighted by atomic mass is 16.1. The molecule has 1 fully saturated rings. The second-order valence-electron chi connectivity index (χ2n) is 6.10. The van der Waals surface area contributed by atoms with Gasteiger partial charge >= 0.3 is 0 Å².